The van der Waals surface area contributed by atoms with E-state index in [4.69, 9.17) is 26.3 Å². The summed E-state index contributed by atoms with van der Waals surface area (Å²) in [4.78, 5) is 24.5. The Balaban J connectivity index is 1.72. The standard InChI is InChI=1S/C21H20ClN3O6S/c1-30-18-7-5-14(10-19(18)32(28,29)25-8-2-3-9-25)21(27)31-13-20(26)24-17-11-16(22)6-4-15(17)12-23/h4-7,10-11H,2-3,8-9,13H2,1H3,(H,24,26). The summed E-state index contributed by atoms with van der Waals surface area (Å²) in [6.07, 6.45) is 1.52. The van der Waals surface area contributed by atoms with E-state index in [1.165, 1.54) is 47.8 Å². The van der Waals surface area contributed by atoms with Crippen LogP contribution in [0.25, 0.3) is 0 Å². The maximum absolute atomic E-state index is 12.9. The average Bonchev–Trinajstić information content (AvgIpc) is 3.33. The van der Waals surface area contributed by atoms with Crippen LogP contribution in [-0.2, 0) is 19.6 Å². The minimum Gasteiger partial charge on any atom is -0.495 e. The summed E-state index contributed by atoms with van der Waals surface area (Å²) in [5, 5.41) is 11.9. The molecule has 1 saturated heterocycles. The van der Waals surface area contributed by atoms with Gasteiger partial charge in [-0.15, -0.1) is 0 Å². The molecule has 0 atom stereocenters. The number of methoxy groups -OCH3 is 1. The molecule has 2 aromatic carbocycles. The first kappa shape index (κ1) is 23.5. The number of amides is 1. The minimum atomic E-state index is -3.84. The van der Waals surface area contributed by atoms with E-state index < -0.39 is 28.5 Å². The van der Waals surface area contributed by atoms with Crippen LogP contribution in [0.4, 0.5) is 5.69 Å². The Hall–Kier alpha value is -3.13. The number of benzene rings is 2. The molecular weight excluding hydrogens is 458 g/mol. The number of nitriles is 1. The second-order valence-electron chi connectivity index (χ2n) is 6.90. The molecule has 1 aliphatic heterocycles. The quantitative estimate of drug-likeness (QED) is 0.607. The van der Waals surface area contributed by atoms with Crippen molar-refractivity contribution in [3.8, 4) is 11.8 Å². The topological polar surface area (TPSA) is 126 Å². The predicted octanol–water partition coefficient (Wildman–Crippen LogP) is 2.80. The molecule has 168 valence electrons. The Morgan fingerprint density at radius 1 is 1.19 bits per heavy atom. The Kier molecular flexibility index (Phi) is 7.35. The number of hydrogen-bond acceptors (Lipinski definition) is 7. The maximum Gasteiger partial charge on any atom is 0.338 e. The summed E-state index contributed by atoms with van der Waals surface area (Å²) in [6.45, 7) is 0.152. The second-order valence-corrected chi connectivity index (χ2v) is 9.25. The normalized spacial score (nSPS) is 13.9. The van der Waals surface area contributed by atoms with Gasteiger partial charge in [-0.1, -0.05) is 11.6 Å². The molecule has 0 bridgehead atoms. The fraction of sp³-hybridized carbons (Fsp3) is 0.286. The molecule has 0 unspecified atom stereocenters. The molecule has 1 amide bonds. The van der Waals surface area contributed by atoms with Crippen molar-refractivity contribution in [2.24, 2.45) is 0 Å². The first-order chi connectivity index (χ1) is 15.3. The van der Waals surface area contributed by atoms with Gasteiger partial charge < -0.3 is 14.8 Å². The van der Waals surface area contributed by atoms with E-state index in [-0.39, 0.29) is 27.5 Å². The number of carbonyl (C=O) groups excluding carboxylic acids is 2. The fourth-order valence-corrected chi connectivity index (χ4v) is 5.06. The van der Waals surface area contributed by atoms with Gasteiger partial charge in [-0.2, -0.15) is 9.57 Å². The highest BCUT2D eigenvalue weighted by Gasteiger charge is 2.31. The van der Waals surface area contributed by atoms with Crippen molar-refractivity contribution in [3.63, 3.8) is 0 Å². The van der Waals surface area contributed by atoms with Crippen LogP contribution in [0.5, 0.6) is 5.75 Å². The Morgan fingerprint density at radius 3 is 2.56 bits per heavy atom. The highest BCUT2D eigenvalue weighted by atomic mass is 35.5. The van der Waals surface area contributed by atoms with Gasteiger partial charge in [0.15, 0.2) is 6.61 Å². The first-order valence-electron chi connectivity index (χ1n) is 9.61. The third kappa shape index (κ3) is 5.19. The van der Waals surface area contributed by atoms with E-state index >= 15 is 0 Å². The molecular formula is C21H20ClN3O6S. The highest BCUT2D eigenvalue weighted by molar-refractivity contribution is 7.89. The zero-order valence-corrected chi connectivity index (χ0v) is 18.7. The van der Waals surface area contributed by atoms with Crippen molar-refractivity contribution in [2.75, 3.05) is 32.1 Å². The largest absolute Gasteiger partial charge is 0.495 e. The summed E-state index contributed by atoms with van der Waals surface area (Å²) in [5.74, 6) is -1.46. The van der Waals surface area contributed by atoms with Crippen molar-refractivity contribution < 1.29 is 27.5 Å². The van der Waals surface area contributed by atoms with Gasteiger partial charge in [-0.25, -0.2) is 13.2 Å². The van der Waals surface area contributed by atoms with Crippen LogP contribution in [0.1, 0.15) is 28.8 Å². The van der Waals surface area contributed by atoms with E-state index in [1.54, 1.807) is 0 Å². The molecule has 32 heavy (non-hydrogen) atoms. The lowest BCUT2D eigenvalue weighted by molar-refractivity contribution is -0.119. The molecule has 1 aliphatic rings. The van der Waals surface area contributed by atoms with Gasteiger partial charge in [0.25, 0.3) is 5.91 Å². The van der Waals surface area contributed by atoms with Gasteiger partial charge in [0, 0.05) is 18.1 Å². The van der Waals surface area contributed by atoms with E-state index in [0.717, 1.165) is 12.8 Å². The van der Waals surface area contributed by atoms with Gasteiger partial charge in [-0.05, 0) is 49.2 Å². The second kappa shape index (κ2) is 9.99. The average molecular weight is 478 g/mol. The highest BCUT2D eigenvalue weighted by Crippen LogP contribution is 2.30. The zero-order chi connectivity index (χ0) is 23.3. The smallest absolute Gasteiger partial charge is 0.338 e. The molecule has 0 radical (unpaired) electrons. The third-order valence-corrected chi connectivity index (χ3v) is 6.95. The summed E-state index contributed by atoms with van der Waals surface area (Å²) in [6, 6.07) is 10.2. The summed E-state index contributed by atoms with van der Waals surface area (Å²) >= 11 is 5.88. The van der Waals surface area contributed by atoms with E-state index in [2.05, 4.69) is 5.32 Å². The van der Waals surface area contributed by atoms with E-state index in [1.807, 2.05) is 6.07 Å². The number of nitrogens with zero attached hydrogens (tertiary/aromatic N) is 2. The van der Waals surface area contributed by atoms with Crippen LogP contribution in [0.3, 0.4) is 0 Å². The van der Waals surface area contributed by atoms with Gasteiger partial charge in [-0.3, -0.25) is 4.79 Å². The van der Waals surface area contributed by atoms with Crippen molar-refractivity contribution in [3.05, 3.63) is 52.5 Å². The van der Waals surface area contributed by atoms with Crippen LogP contribution in [0.15, 0.2) is 41.3 Å². The lowest BCUT2D eigenvalue weighted by Gasteiger charge is -2.18. The number of carbonyl (C=O) groups is 2. The Morgan fingerprint density at radius 2 is 1.91 bits per heavy atom. The molecule has 0 aromatic heterocycles. The fourth-order valence-electron chi connectivity index (χ4n) is 3.19. The van der Waals surface area contributed by atoms with Crippen molar-refractivity contribution in [2.45, 2.75) is 17.7 Å². The molecule has 1 heterocycles. The SMILES string of the molecule is COc1ccc(C(=O)OCC(=O)Nc2cc(Cl)ccc2C#N)cc1S(=O)(=O)N1CCCC1. The predicted molar refractivity (Wildman–Crippen MR) is 116 cm³/mol. The van der Waals surface area contributed by atoms with Crippen LogP contribution in [-0.4, -0.2) is 51.4 Å². The number of hydrogen-bond donors (Lipinski definition) is 1. The van der Waals surface area contributed by atoms with Crippen LogP contribution >= 0.6 is 11.6 Å². The minimum absolute atomic E-state index is 0.0446. The lowest BCUT2D eigenvalue weighted by atomic mass is 10.2. The van der Waals surface area contributed by atoms with Gasteiger partial charge >= 0.3 is 5.97 Å². The van der Waals surface area contributed by atoms with Crippen molar-refractivity contribution >= 4 is 39.2 Å². The molecule has 2 aromatic rings. The van der Waals surface area contributed by atoms with Gasteiger partial charge in [0.1, 0.15) is 16.7 Å². The maximum atomic E-state index is 12.9. The number of esters is 1. The molecule has 0 saturated carbocycles. The Labute approximate surface area is 190 Å². The number of sulfonamides is 1. The number of ether oxygens (including phenoxy) is 2. The molecule has 1 fully saturated rings. The number of rotatable bonds is 7. The van der Waals surface area contributed by atoms with E-state index in [0.29, 0.717) is 18.1 Å². The summed E-state index contributed by atoms with van der Waals surface area (Å²) in [5.41, 5.74) is 0.335. The number of halogens is 1. The molecule has 0 aliphatic carbocycles. The van der Waals surface area contributed by atoms with Crippen molar-refractivity contribution in [1.29, 1.82) is 5.26 Å². The third-order valence-electron chi connectivity index (χ3n) is 4.79. The van der Waals surface area contributed by atoms with Gasteiger partial charge in [0.2, 0.25) is 10.0 Å². The van der Waals surface area contributed by atoms with E-state index in [9.17, 15) is 18.0 Å². The van der Waals surface area contributed by atoms with Crippen LogP contribution in [0.2, 0.25) is 5.02 Å². The van der Waals surface area contributed by atoms with Gasteiger partial charge in [0.05, 0.1) is 23.9 Å². The monoisotopic (exact) mass is 477 g/mol. The van der Waals surface area contributed by atoms with Crippen LogP contribution in [0, 0.1) is 11.3 Å². The Bertz CT molecular complexity index is 1190. The molecule has 11 heteroatoms. The zero-order valence-electron chi connectivity index (χ0n) is 17.1. The summed E-state index contributed by atoms with van der Waals surface area (Å²) < 4.78 is 37.4. The number of anilines is 1. The molecule has 3 rings (SSSR count). The molecule has 9 nitrogen and oxygen atoms in total. The summed E-state index contributed by atoms with van der Waals surface area (Å²) in [7, 11) is -2.50. The van der Waals surface area contributed by atoms with Crippen LogP contribution < -0.4 is 10.1 Å². The lowest BCUT2D eigenvalue weighted by Crippen LogP contribution is -2.28. The molecule has 0 spiro atoms. The molecule has 1 N–H and O–H groups in total. The first-order valence-corrected chi connectivity index (χ1v) is 11.4. The number of nitrogens with one attached hydrogen (secondary N) is 1. The van der Waals surface area contributed by atoms with Crippen molar-refractivity contribution in [1.82, 2.24) is 4.31 Å².